The predicted octanol–water partition coefficient (Wildman–Crippen LogP) is 2.35. The number of sulfonamides is 1. The van der Waals surface area contributed by atoms with Gasteiger partial charge in [-0.1, -0.05) is 0 Å². The third-order valence-electron chi connectivity index (χ3n) is 5.40. The third kappa shape index (κ3) is 5.93. The molecule has 28 heavy (non-hydrogen) atoms. The molecule has 1 heterocycles. The topological polar surface area (TPSA) is 87.7 Å². The number of nitrogens with one attached hydrogen (secondary N) is 2. The van der Waals surface area contributed by atoms with Crippen molar-refractivity contribution >= 4 is 27.3 Å². The van der Waals surface area contributed by atoms with Gasteiger partial charge in [0.1, 0.15) is 0 Å². The molecule has 2 aliphatic rings. The molecule has 0 aromatic heterocycles. The van der Waals surface area contributed by atoms with Crippen LogP contribution in [0.15, 0.2) is 24.3 Å². The lowest BCUT2D eigenvalue weighted by Crippen LogP contribution is -2.45. The van der Waals surface area contributed by atoms with E-state index >= 15 is 0 Å². The SMILES string of the molecule is C[C@@H]1CN(c2ccc(NC(=O)C3CCC(NS(C)(=O)=O)CC3)cc2)C[C@H](C)O1. The van der Waals surface area contributed by atoms with Gasteiger partial charge in [0.15, 0.2) is 0 Å². The summed E-state index contributed by atoms with van der Waals surface area (Å²) in [7, 11) is -3.19. The highest BCUT2D eigenvalue weighted by Crippen LogP contribution is 2.27. The average Bonchev–Trinajstić information content (AvgIpc) is 2.60. The van der Waals surface area contributed by atoms with Gasteiger partial charge in [0, 0.05) is 36.4 Å². The molecular weight excluding hydrogens is 378 g/mol. The number of anilines is 2. The first-order valence-corrected chi connectivity index (χ1v) is 11.9. The van der Waals surface area contributed by atoms with Crippen molar-refractivity contribution in [3.8, 4) is 0 Å². The fourth-order valence-corrected chi connectivity index (χ4v) is 5.01. The predicted molar refractivity (Wildman–Crippen MR) is 111 cm³/mol. The summed E-state index contributed by atoms with van der Waals surface area (Å²) in [5.74, 6) is -0.0580. The summed E-state index contributed by atoms with van der Waals surface area (Å²) in [6, 6.07) is 7.89. The van der Waals surface area contributed by atoms with Gasteiger partial charge in [0.25, 0.3) is 0 Å². The highest BCUT2D eigenvalue weighted by molar-refractivity contribution is 7.88. The minimum absolute atomic E-state index is 0.0131. The number of hydrogen-bond donors (Lipinski definition) is 2. The summed E-state index contributed by atoms with van der Waals surface area (Å²) in [5.41, 5.74) is 1.92. The number of benzene rings is 1. The second-order valence-electron chi connectivity index (χ2n) is 8.14. The van der Waals surface area contributed by atoms with Crippen LogP contribution in [-0.2, 0) is 19.6 Å². The van der Waals surface area contributed by atoms with Gasteiger partial charge in [-0.3, -0.25) is 4.79 Å². The van der Waals surface area contributed by atoms with Crippen molar-refractivity contribution in [2.45, 2.75) is 57.8 Å². The Bertz CT molecular complexity index is 763. The Morgan fingerprint density at radius 3 is 2.14 bits per heavy atom. The maximum absolute atomic E-state index is 12.6. The molecule has 0 unspecified atom stereocenters. The second-order valence-corrected chi connectivity index (χ2v) is 9.92. The number of ether oxygens (including phenoxy) is 1. The van der Waals surface area contributed by atoms with Crippen LogP contribution in [0.5, 0.6) is 0 Å². The molecule has 0 bridgehead atoms. The fourth-order valence-electron chi connectivity index (χ4n) is 4.16. The lowest BCUT2D eigenvalue weighted by Gasteiger charge is -2.36. The zero-order chi connectivity index (χ0) is 20.3. The molecule has 0 radical (unpaired) electrons. The molecule has 2 N–H and O–H groups in total. The maximum Gasteiger partial charge on any atom is 0.227 e. The monoisotopic (exact) mass is 409 g/mol. The number of carbonyl (C=O) groups is 1. The second kappa shape index (κ2) is 8.80. The van der Waals surface area contributed by atoms with E-state index in [1.54, 1.807) is 0 Å². The molecule has 1 aromatic carbocycles. The van der Waals surface area contributed by atoms with Crippen molar-refractivity contribution in [2.24, 2.45) is 5.92 Å². The number of rotatable bonds is 5. The van der Waals surface area contributed by atoms with E-state index in [0.29, 0.717) is 25.7 Å². The Labute approximate surface area is 167 Å². The first kappa shape index (κ1) is 21.1. The van der Waals surface area contributed by atoms with Crippen molar-refractivity contribution in [2.75, 3.05) is 29.6 Å². The molecule has 7 nitrogen and oxygen atoms in total. The zero-order valence-corrected chi connectivity index (χ0v) is 17.7. The lowest BCUT2D eigenvalue weighted by molar-refractivity contribution is -0.120. The highest BCUT2D eigenvalue weighted by Gasteiger charge is 2.28. The van der Waals surface area contributed by atoms with Gasteiger partial charge in [0.05, 0.1) is 18.5 Å². The van der Waals surface area contributed by atoms with Crippen molar-refractivity contribution in [3.63, 3.8) is 0 Å². The quantitative estimate of drug-likeness (QED) is 0.779. The van der Waals surface area contributed by atoms with Crippen LogP contribution in [0.1, 0.15) is 39.5 Å². The van der Waals surface area contributed by atoms with Gasteiger partial charge in [0.2, 0.25) is 15.9 Å². The summed E-state index contributed by atoms with van der Waals surface area (Å²) in [6.45, 7) is 5.89. The van der Waals surface area contributed by atoms with Crippen molar-refractivity contribution in [1.29, 1.82) is 0 Å². The molecule has 1 aliphatic carbocycles. The van der Waals surface area contributed by atoms with Crippen LogP contribution >= 0.6 is 0 Å². The summed E-state index contributed by atoms with van der Waals surface area (Å²) in [5, 5.41) is 3.00. The van der Waals surface area contributed by atoms with Crippen LogP contribution in [0.3, 0.4) is 0 Å². The standard InChI is InChI=1S/C20H31N3O4S/c1-14-12-23(13-15(2)27-14)19-10-8-17(9-11-19)21-20(24)16-4-6-18(7-5-16)22-28(3,25)26/h8-11,14-16,18,22H,4-7,12-13H2,1-3H3,(H,21,24)/t14-,15+,16?,18?. The molecule has 1 saturated heterocycles. The lowest BCUT2D eigenvalue weighted by atomic mass is 9.86. The smallest absolute Gasteiger partial charge is 0.227 e. The third-order valence-corrected chi connectivity index (χ3v) is 6.16. The molecule has 2 atom stereocenters. The van der Waals surface area contributed by atoms with Crippen molar-refractivity contribution < 1.29 is 17.9 Å². The van der Waals surface area contributed by atoms with Crippen molar-refractivity contribution in [3.05, 3.63) is 24.3 Å². The van der Waals surface area contributed by atoms with Crippen LogP contribution in [0, 0.1) is 5.92 Å². The van der Waals surface area contributed by atoms with E-state index in [1.165, 1.54) is 6.26 Å². The molecule has 1 amide bonds. The van der Waals surface area contributed by atoms with Gasteiger partial charge in [-0.2, -0.15) is 0 Å². The minimum Gasteiger partial charge on any atom is -0.372 e. The Morgan fingerprint density at radius 2 is 1.61 bits per heavy atom. The average molecular weight is 410 g/mol. The Hall–Kier alpha value is -1.64. The molecular formula is C20H31N3O4S. The summed E-state index contributed by atoms with van der Waals surface area (Å²) < 4.78 is 31.1. The van der Waals surface area contributed by atoms with Gasteiger partial charge in [-0.15, -0.1) is 0 Å². The minimum atomic E-state index is -3.19. The van der Waals surface area contributed by atoms with Gasteiger partial charge >= 0.3 is 0 Å². The Morgan fingerprint density at radius 1 is 1.04 bits per heavy atom. The molecule has 1 saturated carbocycles. The van der Waals surface area contributed by atoms with E-state index in [1.807, 2.05) is 24.3 Å². The molecule has 8 heteroatoms. The maximum atomic E-state index is 12.6. The molecule has 2 fully saturated rings. The highest BCUT2D eigenvalue weighted by atomic mass is 32.2. The van der Waals surface area contributed by atoms with Crippen molar-refractivity contribution in [1.82, 2.24) is 4.72 Å². The summed E-state index contributed by atoms with van der Waals surface area (Å²) >= 11 is 0. The van der Waals surface area contributed by atoms with Crippen LogP contribution in [0.4, 0.5) is 11.4 Å². The first-order chi connectivity index (χ1) is 13.2. The molecule has 3 rings (SSSR count). The normalized spacial score (nSPS) is 28.8. The van der Waals surface area contributed by atoms with Crippen LogP contribution < -0.4 is 14.9 Å². The molecule has 156 valence electrons. The number of carbonyl (C=O) groups excluding carboxylic acids is 1. The van der Waals surface area contributed by atoms with Gasteiger partial charge in [-0.25, -0.2) is 13.1 Å². The van der Waals surface area contributed by atoms with Crippen LogP contribution in [0.25, 0.3) is 0 Å². The van der Waals surface area contributed by atoms with E-state index in [4.69, 9.17) is 4.74 Å². The fraction of sp³-hybridized carbons (Fsp3) is 0.650. The van der Waals surface area contributed by atoms with Gasteiger partial charge < -0.3 is 15.0 Å². The molecule has 0 spiro atoms. The van der Waals surface area contributed by atoms with E-state index in [9.17, 15) is 13.2 Å². The Balaban J connectivity index is 1.51. The number of hydrogen-bond acceptors (Lipinski definition) is 5. The van der Waals surface area contributed by atoms with E-state index in [0.717, 1.165) is 24.5 Å². The van der Waals surface area contributed by atoms with Crippen LogP contribution in [-0.4, -0.2) is 51.9 Å². The summed E-state index contributed by atoms with van der Waals surface area (Å²) in [6.07, 6.45) is 4.36. The largest absolute Gasteiger partial charge is 0.372 e. The zero-order valence-electron chi connectivity index (χ0n) is 16.8. The van der Waals surface area contributed by atoms with E-state index < -0.39 is 10.0 Å². The Kier molecular flexibility index (Phi) is 6.62. The van der Waals surface area contributed by atoms with Crippen LogP contribution in [0.2, 0.25) is 0 Å². The van der Waals surface area contributed by atoms with Gasteiger partial charge in [-0.05, 0) is 63.8 Å². The first-order valence-electron chi connectivity index (χ1n) is 9.98. The van der Waals surface area contributed by atoms with E-state index in [-0.39, 0.29) is 30.1 Å². The number of nitrogens with zero attached hydrogens (tertiary/aromatic N) is 1. The summed E-state index contributed by atoms with van der Waals surface area (Å²) in [4.78, 5) is 14.9. The van der Waals surface area contributed by atoms with E-state index in [2.05, 4.69) is 28.8 Å². The number of amides is 1. The number of morpholine rings is 1. The molecule has 1 aromatic rings. The molecule has 1 aliphatic heterocycles.